The van der Waals surface area contributed by atoms with E-state index in [9.17, 15) is 8.42 Å². The van der Waals surface area contributed by atoms with Crippen molar-refractivity contribution in [2.75, 3.05) is 19.3 Å². The lowest BCUT2D eigenvalue weighted by atomic mass is 10.1. The number of nitrogen functional groups attached to an aromatic ring is 1. The van der Waals surface area contributed by atoms with Crippen molar-refractivity contribution in [3.63, 3.8) is 0 Å². The van der Waals surface area contributed by atoms with Gasteiger partial charge in [-0.15, -0.1) is 0 Å². The van der Waals surface area contributed by atoms with Gasteiger partial charge >= 0.3 is 0 Å². The topological polar surface area (TPSA) is 63.4 Å². The first-order valence-corrected chi connectivity index (χ1v) is 8.07. The summed E-state index contributed by atoms with van der Waals surface area (Å²) < 4.78 is 26.1. The third-order valence-corrected chi connectivity index (χ3v) is 5.08. The van der Waals surface area contributed by atoms with Gasteiger partial charge in [-0.1, -0.05) is 26.8 Å². The molecule has 0 bridgehead atoms. The molecular formula is C14H24N2O2S. The van der Waals surface area contributed by atoms with Gasteiger partial charge in [0, 0.05) is 19.3 Å². The molecule has 1 aromatic carbocycles. The monoisotopic (exact) mass is 284 g/mol. The van der Waals surface area contributed by atoms with Crippen LogP contribution >= 0.6 is 0 Å². The van der Waals surface area contributed by atoms with Gasteiger partial charge in [-0.25, -0.2) is 12.7 Å². The molecule has 4 nitrogen and oxygen atoms in total. The van der Waals surface area contributed by atoms with Gasteiger partial charge in [-0.3, -0.25) is 0 Å². The summed E-state index contributed by atoms with van der Waals surface area (Å²) in [6, 6.07) is 4.98. The van der Waals surface area contributed by atoms with Crippen LogP contribution in [0, 0.1) is 5.92 Å². The number of hydrogen-bond acceptors (Lipinski definition) is 3. The van der Waals surface area contributed by atoms with Gasteiger partial charge in [0.1, 0.15) is 0 Å². The summed E-state index contributed by atoms with van der Waals surface area (Å²) in [6.45, 7) is 6.67. The Morgan fingerprint density at radius 1 is 1.32 bits per heavy atom. The van der Waals surface area contributed by atoms with Gasteiger partial charge in [0.05, 0.1) is 4.90 Å². The zero-order valence-electron chi connectivity index (χ0n) is 12.2. The van der Waals surface area contributed by atoms with Crippen LogP contribution < -0.4 is 5.73 Å². The second-order valence-electron chi connectivity index (χ2n) is 5.22. The number of aryl methyl sites for hydroxylation is 1. The van der Waals surface area contributed by atoms with Crippen LogP contribution in [0.25, 0.3) is 0 Å². The van der Waals surface area contributed by atoms with E-state index in [4.69, 9.17) is 5.73 Å². The van der Waals surface area contributed by atoms with Crippen molar-refractivity contribution in [1.29, 1.82) is 0 Å². The Bertz CT molecular complexity index is 524. The van der Waals surface area contributed by atoms with Gasteiger partial charge in [0.25, 0.3) is 0 Å². The second-order valence-corrected chi connectivity index (χ2v) is 7.27. The molecule has 0 spiro atoms. The molecule has 0 aliphatic heterocycles. The Balaban J connectivity index is 2.96. The minimum Gasteiger partial charge on any atom is -0.398 e. The zero-order valence-corrected chi connectivity index (χ0v) is 13.0. The molecule has 0 radical (unpaired) electrons. The average Bonchev–Trinajstić information content (AvgIpc) is 2.35. The van der Waals surface area contributed by atoms with Gasteiger partial charge in [0.2, 0.25) is 10.0 Å². The maximum absolute atomic E-state index is 12.4. The van der Waals surface area contributed by atoms with Crippen LogP contribution in [0.5, 0.6) is 0 Å². The van der Waals surface area contributed by atoms with Crippen molar-refractivity contribution in [1.82, 2.24) is 4.31 Å². The van der Waals surface area contributed by atoms with Crippen LogP contribution in [0.15, 0.2) is 23.1 Å². The molecule has 0 aliphatic rings. The van der Waals surface area contributed by atoms with Crippen LogP contribution in [0.4, 0.5) is 5.69 Å². The predicted octanol–water partition coefficient (Wildman–Crippen LogP) is 2.50. The number of rotatable bonds is 6. The molecule has 0 heterocycles. The fourth-order valence-corrected chi connectivity index (χ4v) is 3.02. The summed E-state index contributed by atoms with van der Waals surface area (Å²) in [5.74, 6) is 0.477. The highest BCUT2D eigenvalue weighted by Crippen LogP contribution is 2.21. The second kappa shape index (κ2) is 6.39. The predicted molar refractivity (Wildman–Crippen MR) is 79.5 cm³/mol. The molecule has 108 valence electrons. The largest absolute Gasteiger partial charge is 0.398 e. The van der Waals surface area contributed by atoms with Gasteiger partial charge < -0.3 is 5.73 Å². The summed E-state index contributed by atoms with van der Waals surface area (Å²) in [6.07, 6.45) is 1.65. The van der Waals surface area contributed by atoms with Crippen LogP contribution in [0.3, 0.4) is 0 Å². The molecule has 0 aromatic heterocycles. The van der Waals surface area contributed by atoms with Crippen LogP contribution in [0.2, 0.25) is 0 Å². The Morgan fingerprint density at radius 2 is 1.95 bits per heavy atom. The molecule has 1 aromatic rings. The molecule has 0 amide bonds. The summed E-state index contributed by atoms with van der Waals surface area (Å²) >= 11 is 0. The summed E-state index contributed by atoms with van der Waals surface area (Å²) in [5, 5.41) is 0. The minimum atomic E-state index is -3.43. The van der Waals surface area contributed by atoms with Crippen molar-refractivity contribution in [3.05, 3.63) is 23.8 Å². The maximum Gasteiger partial charge on any atom is 0.242 e. The van der Waals surface area contributed by atoms with E-state index in [-0.39, 0.29) is 4.90 Å². The number of hydrogen-bond donors (Lipinski definition) is 1. The Hall–Kier alpha value is -1.07. The van der Waals surface area contributed by atoms with Crippen LogP contribution in [0.1, 0.15) is 32.8 Å². The van der Waals surface area contributed by atoms with Gasteiger partial charge in [-0.2, -0.15) is 0 Å². The molecule has 0 aliphatic carbocycles. The van der Waals surface area contributed by atoms with Crippen molar-refractivity contribution in [2.24, 2.45) is 5.92 Å². The molecular weight excluding hydrogens is 260 g/mol. The zero-order chi connectivity index (χ0) is 14.6. The molecule has 5 heteroatoms. The molecule has 0 unspecified atom stereocenters. The molecule has 0 fully saturated rings. The first kappa shape index (κ1) is 16.0. The van der Waals surface area contributed by atoms with E-state index in [0.717, 1.165) is 18.4 Å². The molecule has 0 saturated carbocycles. The number of anilines is 1. The fourth-order valence-electron chi connectivity index (χ4n) is 1.80. The lowest BCUT2D eigenvalue weighted by molar-refractivity contribution is 0.428. The van der Waals surface area contributed by atoms with Crippen molar-refractivity contribution in [2.45, 2.75) is 38.5 Å². The Kier molecular flexibility index (Phi) is 5.38. The van der Waals surface area contributed by atoms with Gasteiger partial charge in [-0.05, 0) is 36.5 Å². The highest BCUT2D eigenvalue weighted by molar-refractivity contribution is 7.89. The van der Waals surface area contributed by atoms with Crippen molar-refractivity contribution >= 4 is 15.7 Å². The fraction of sp³-hybridized carbons (Fsp3) is 0.571. The molecule has 0 saturated heterocycles. The third kappa shape index (κ3) is 3.94. The molecule has 1 rings (SSSR count). The smallest absolute Gasteiger partial charge is 0.242 e. The van der Waals surface area contributed by atoms with Gasteiger partial charge in [0.15, 0.2) is 0 Å². The summed E-state index contributed by atoms with van der Waals surface area (Å²) in [7, 11) is -1.82. The lowest BCUT2D eigenvalue weighted by Crippen LogP contribution is -2.28. The third-order valence-electron chi connectivity index (χ3n) is 3.23. The highest BCUT2D eigenvalue weighted by Gasteiger charge is 2.21. The van der Waals surface area contributed by atoms with E-state index in [2.05, 4.69) is 13.8 Å². The SMILES string of the molecule is CCc1ccc(S(=O)(=O)N(C)CCC(C)C)cc1N. The summed E-state index contributed by atoms with van der Waals surface area (Å²) in [5.41, 5.74) is 7.39. The maximum atomic E-state index is 12.4. The highest BCUT2D eigenvalue weighted by atomic mass is 32.2. The average molecular weight is 284 g/mol. The van der Waals surface area contributed by atoms with E-state index in [1.54, 1.807) is 25.2 Å². The normalized spacial score (nSPS) is 12.3. The van der Waals surface area contributed by atoms with Crippen LogP contribution in [-0.4, -0.2) is 26.3 Å². The Morgan fingerprint density at radius 3 is 2.42 bits per heavy atom. The van der Waals surface area contributed by atoms with E-state index in [0.29, 0.717) is 18.2 Å². The number of sulfonamides is 1. The van der Waals surface area contributed by atoms with E-state index in [1.807, 2.05) is 6.92 Å². The van der Waals surface area contributed by atoms with Crippen LogP contribution in [-0.2, 0) is 16.4 Å². The minimum absolute atomic E-state index is 0.272. The van der Waals surface area contributed by atoms with E-state index < -0.39 is 10.0 Å². The van der Waals surface area contributed by atoms with Crippen molar-refractivity contribution < 1.29 is 8.42 Å². The molecule has 0 atom stereocenters. The first-order valence-electron chi connectivity index (χ1n) is 6.63. The first-order chi connectivity index (χ1) is 8.78. The Labute approximate surface area is 116 Å². The van der Waals surface area contributed by atoms with E-state index >= 15 is 0 Å². The standard InChI is InChI=1S/C14H24N2O2S/c1-5-12-6-7-13(10-14(12)15)19(17,18)16(4)9-8-11(2)3/h6-7,10-11H,5,8-9,15H2,1-4H3. The van der Waals surface area contributed by atoms with Crippen molar-refractivity contribution in [3.8, 4) is 0 Å². The molecule has 19 heavy (non-hydrogen) atoms. The number of nitrogens with zero attached hydrogens (tertiary/aromatic N) is 1. The number of nitrogens with two attached hydrogens (primary N) is 1. The quantitative estimate of drug-likeness (QED) is 0.816. The summed E-state index contributed by atoms with van der Waals surface area (Å²) in [4.78, 5) is 0.272. The lowest BCUT2D eigenvalue weighted by Gasteiger charge is -2.18. The van der Waals surface area contributed by atoms with E-state index in [1.165, 1.54) is 4.31 Å². The molecule has 2 N–H and O–H groups in total. The number of benzene rings is 1.